The molecule has 4 aliphatic heterocycles. The Morgan fingerprint density at radius 1 is 0.768 bits per heavy atom. The summed E-state index contributed by atoms with van der Waals surface area (Å²) in [6, 6.07) is -2.26. The number of ether oxygens (including phenoxy) is 10. The molecule has 4 saturated heterocycles. The van der Waals surface area contributed by atoms with Crippen molar-refractivity contribution in [1.29, 1.82) is 0 Å². The summed E-state index contributed by atoms with van der Waals surface area (Å²) in [5, 5.41) is 44.1. The summed E-state index contributed by atoms with van der Waals surface area (Å²) in [4.78, 5) is 120. The number of rotatable bonds is 33. The summed E-state index contributed by atoms with van der Waals surface area (Å²) >= 11 is 0. The lowest BCUT2D eigenvalue weighted by atomic mass is 9.96. The first kappa shape index (κ1) is 67.4. The SMILES string of the molecule is CCCCCCCCCCCC(CC(=O)OC1CN(C)C(C(OC2CC(O)C(CN)O2)C2OC(n3ccc(=O)[nH]c3=O)CC2O)C(=O)NC1C(=O)O)OC(=O)CC(C)CC(=O)OC1OC(CC)C(OC)C(OC(=O)CCC(=O)O)C1OC. The van der Waals surface area contributed by atoms with Crippen molar-refractivity contribution in [3.8, 4) is 0 Å². The van der Waals surface area contributed by atoms with Crippen molar-refractivity contribution in [2.45, 2.75) is 234 Å². The number of nitrogens with two attached hydrogens (primary N) is 1. The minimum atomic E-state index is -1.84. The average Bonchev–Trinajstić information content (AvgIpc) is 3.42. The number of methoxy groups -OCH3 is 2. The van der Waals surface area contributed by atoms with E-state index in [1.165, 1.54) is 32.4 Å². The highest BCUT2D eigenvalue weighted by atomic mass is 16.7. The zero-order valence-electron chi connectivity index (χ0n) is 47.6. The van der Waals surface area contributed by atoms with Crippen LogP contribution in [0.15, 0.2) is 21.9 Å². The Hall–Kier alpha value is -5.43. The largest absolute Gasteiger partial charge is 0.481 e. The van der Waals surface area contributed by atoms with E-state index < -0.39 is 183 Å². The molecule has 0 radical (unpaired) electrons. The molecule has 1 aromatic heterocycles. The van der Waals surface area contributed by atoms with Crippen molar-refractivity contribution in [1.82, 2.24) is 19.8 Å². The van der Waals surface area contributed by atoms with Crippen LogP contribution in [0, 0.1) is 5.92 Å². The van der Waals surface area contributed by atoms with Crippen molar-refractivity contribution in [2.75, 3.05) is 34.4 Å². The van der Waals surface area contributed by atoms with Crippen molar-refractivity contribution in [2.24, 2.45) is 11.7 Å². The number of aromatic nitrogens is 2. The highest BCUT2D eigenvalue weighted by molar-refractivity contribution is 5.89. The Labute approximate surface area is 475 Å². The summed E-state index contributed by atoms with van der Waals surface area (Å²) in [6.07, 6.45) is -8.49. The molecule has 0 bridgehead atoms. The maximum atomic E-state index is 14.3. The number of carboxylic acids is 2. The molecule has 464 valence electrons. The van der Waals surface area contributed by atoms with Gasteiger partial charge >= 0.3 is 41.5 Å². The number of nitrogens with zero attached hydrogens (tertiary/aromatic N) is 2. The molecular formula is C54H85N5O23. The van der Waals surface area contributed by atoms with Crippen LogP contribution in [0.1, 0.15) is 143 Å². The summed E-state index contributed by atoms with van der Waals surface area (Å²) in [7, 11) is 4.07. The molecule has 17 unspecified atom stereocenters. The number of H-pyrrole nitrogens is 1. The van der Waals surface area contributed by atoms with Gasteiger partial charge < -0.3 is 78.8 Å². The molecule has 17 atom stereocenters. The molecule has 4 fully saturated rings. The number of esters is 4. The number of carbonyl (C=O) groups is 7. The Bertz CT molecular complexity index is 2370. The van der Waals surface area contributed by atoms with Gasteiger partial charge in [-0.05, 0) is 32.2 Å². The van der Waals surface area contributed by atoms with Gasteiger partial charge in [-0.3, -0.25) is 48.0 Å². The maximum Gasteiger partial charge on any atom is 0.330 e. The second kappa shape index (κ2) is 33.2. The number of aliphatic hydroxyl groups excluding tert-OH is 2. The Morgan fingerprint density at radius 2 is 1.43 bits per heavy atom. The van der Waals surface area contributed by atoms with Gasteiger partial charge in [0.25, 0.3) is 5.56 Å². The molecule has 0 spiro atoms. The monoisotopic (exact) mass is 1170 g/mol. The minimum absolute atomic E-state index is 0.0914. The van der Waals surface area contributed by atoms with Crippen LogP contribution in [-0.2, 0) is 80.9 Å². The third-order valence-corrected chi connectivity index (χ3v) is 15.0. The predicted molar refractivity (Wildman–Crippen MR) is 283 cm³/mol. The molecule has 0 aromatic carbocycles. The number of aliphatic hydroxyl groups is 2. The van der Waals surface area contributed by atoms with Gasteiger partial charge in [0.05, 0.1) is 43.7 Å². The van der Waals surface area contributed by atoms with E-state index in [4.69, 9.17) is 58.2 Å². The third-order valence-electron chi connectivity index (χ3n) is 15.0. The van der Waals surface area contributed by atoms with Gasteiger partial charge in [0.15, 0.2) is 24.5 Å². The number of carbonyl (C=O) groups excluding carboxylic acids is 5. The highest BCUT2D eigenvalue weighted by Gasteiger charge is 2.53. The molecule has 28 heteroatoms. The van der Waals surface area contributed by atoms with Crippen molar-refractivity contribution in [3.05, 3.63) is 33.1 Å². The highest BCUT2D eigenvalue weighted by Crippen LogP contribution is 2.36. The summed E-state index contributed by atoms with van der Waals surface area (Å²) < 4.78 is 59.6. The number of hydrogen-bond acceptors (Lipinski definition) is 23. The van der Waals surface area contributed by atoms with Gasteiger partial charge in [0.2, 0.25) is 12.2 Å². The topological polar surface area (TPSA) is 389 Å². The van der Waals surface area contributed by atoms with Gasteiger partial charge in [-0.2, -0.15) is 0 Å². The fraction of sp³-hybridized carbons (Fsp3) is 0.796. The zero-order chi connectivity index (χ0) is 60.2. The molecule has 28 nitrogen and oxygen atoms in total. The van der Waals surface area contributed by atoms with Crippen LogP contribution in [0.5, 0.6) is 0 Å². The van der Waals surface area contributed by atoms with E-state index in [1.54, 1.807) is 13.8 Å². The van der Waals surface area contributed by atoms with Crippen LogP contribution < -0.4 is 22.3 Å². The lowest BCUT2D eigenvalue weighted by Gasteiger charge is -2.44. The van der Waals surface area contributed by atoms with Crippen LogP contribution in [0.4, 0.5) is 0 Å². The van der Waals surface area contributed by atoms with Crippen molar-refractivity contribution < 1.29 is 101 Å². The lowest BCUT2D eigenvalue weighted by molar-refractivity contribution is -0.299. The van der Waals surface area contributed by atoms with Gasteiger partial charge in [-0.25, -0.2) is 9.59 Å². The Kier molecular flexibility index (Phi) is 27.2. The van der Waals surface area contributed by atoms with Crippen LogP contribution in [-0.4, -0.2) is 203 Å². The maximum absolute atomic E-state index is 14.3. The average molecular weight is 1170 g/mol. The second-order valence-corrected chi connectivity index (χ2v) is 21.5. The van der Waals surface area contributed by atoms with E-state index in [2.05, 4.69) is 17.2 Å². The molecule has 0 aliphatic carbocycles. The minimum Gasteiger partial charge on any atom is -0.481 e. The number of nitrogens with one attached hydrogen (secondary N) is 2. The lowest BCUT2D eigenvalue weighted by Crippen LogP contribution is -2.61. The van der Waals surface area contributed by atoms with Crippen LogP contribution >= 0.6 is 0 Å². The first-order valence-electron chi connectivity index (χ1n) is 28.4. The van der Waals surface area contributed by atoms with E-state index >= 15 is 0 Å². The molecule has 5 rings (SSSR count). The van der Waals surface area contributed by atoms with Crippen LogP contribution in [0.3, 0.4) is 0 Å². The van der Waals surface area contributed by atoms with E-state index in [0.717, 1.165) is 62.0 Å². The van der Waals surface area contributed by atoms with Crippen molar-refractivity contribution in [3.63, 3.8) is 0 Å². The number of unbranched alkanes of at least 4 members (excludes halogenated alkanes) is 8. The van der Waals surface area contributed by atoms with Crippen LogP contribution in [0.2, 0.25) is 0 Å². The third kappa shape index (κ3) is 19.6. The van der Waals surface area contributed by atoms with E-state index in [-0.39, 0.29) is 38.6 Å². The fourth-order valence-electron chi connectivity index (χ4n) is 10.8. The smallest absolute Gasteiger partial charge is 0.330 e. The standard InChI is InChI=1S/C54H85N5O23/c1-7-9-10-11-12-13-14-15-16-17-30(75-40(66)22-29(3)23-41(67)81-53-50(74-6)49(47(73-5)33(8-2)78-53)80-39(65)19-18-38(63)64)24-42(68)76-35-28-58(4)45(51(69)57-44(35)52(70)71)48(82-43-26-31(60)34(27-55)77-43)46-32(61)25-37(79-46)59-21-20-36(62)56-54(59)72/h20-21,29-35,37,43-50,53,60-61H,7-19,22-28,55H2,1-6H3,(H,57,69)(H,63,64)(H,70,71)(H,56,62,72). The van der Waals surface area contributed by atoms with E-state index in [9.17, 15) is 58.5 Å². The predicted octanol–water partition coefficient (Wildman–Crippen LogP) is 0.924. The number of amides is 1. The first-order chi connectivity index (χ1) is 39.1. The molecule has 4 aliphatic rings. The number of hydrogen-bond donors (Lipinski definition) is 7. The zero-order valence-corrected chi connectivity index (χ0v) is 47.6. The Morgan fingerprint density at radius 3 is 2.04 bits per heavy atom. The quantitative estimate of drug-likeness (QED) is 0.0292. The molecule has 5 heterocycles. The molecular weight excluding hydrogens is 1090 g/mol. The number of aliphatic carboxylic acids is 2. The van der Waals surface area contributed by atoms with Gasteiger partial charge in [0, 0.05) is 65.3 Å². The number of aromatic amines is 1. The number of carboxylic acid groups (broad SMARTS) is 2. The normalized spacial score (nSPS) is 29.6. The fourth-order valence-corrected chi connectivity index (χ4v) is 10.8. The Balaban J connectivity index is 1.28. The second-order valence-electron chi connectivity index (χ2n) is 21.5. The molecule has 1 aromatic rings. The van der Waals surface area contributed by atoms with Crippen molar-refractivity contribution >= 4 is 41.7 Å². The molecule has 8 N–H and O–H groups in total. The van der Waals surface area contributed by atoms with Gasteiger partial charge in [0.1, 0.15) is 42.8 Å². The van der Waals surface area contributed by atoms with Crippen LogP contribution in [0.25, 0.3) is 0 Å². The summed E-state index contributed by atoms with van der Waals surface area (Å²) in [5.74, 6) is -7.78. The van der Waals surface area contributed by atoms with E-state index in [0.29, 0.717) is 12.8 Å². The van der Waals surface area contributed by atoms with Gasteiger partial charge in [-0.1, -0.05) is 72.1 Å². The van der Waals surface area contributed by atoms with Gasteiger partial charge in [-0.15, -0.1) is 0 Å². The molecule has 82 heavy (non-hydrogen) atoms. The van der Waals surface area contributed by atoms with E-state index in [1.807, 2.05) is 0 Å². The number of likely N-dealkylation sites (N-methyl/N-ethyl adjacent to an activating group) is 1. The summed E-state index contributed by atoms with van der Waals surface area (Å²) in [5.41, 5.74) is 4.27. The molecule has 1 amide bonds. The first-order valence-corrected chi connectivity index (χ1v) is 28.4. The summed E-state index contributed by atoms with van der Waals surface area (Å²) in [6.45, 7) is 5.00. The molecule has 0 saturated carbocycles.